The first-order valence-corrected chi connectivity index (χ1v) is 11.0. The molecule has 0 bridgehead atoms. The van der Waals surface area contributed by atoms with Crippen LogP contribution < -0.4 is 15.4 Å². The zero-order valence-electron chi connectivity index (χ0n) is 19.1. The summed E-state index contributed by atoms with van der Waals surface area (Å²) in [5, 5.41) is 7.99. The molecule has 7 nitrogen and oxygen atoms in total. The third-order valence-corrected chi connectivity index (χ3v) is 5.71. The number of nitrogens with zero attached hydrogens (tertiary/aromatic N) is 2. The van der Waals surface area contributed by atoms with Gasteiger partial charge < -0.3 is 29.4 Å². The molecule has 0 radical (unpaired) electrons. The van der Waals surface area contributed by atoms with Gasteiger partial charge in [0.25, 0.3) is 0 Å². The number of benzene rings is 1. The number of aliphatic imine (C=N–C) groups is 1. The van der Waals surface area contributed by atoms with E-state index in [1.165, 1.54) is 12.8 Å². The van der Waals surface area contributed by atoms with Gasteiger partial charge in [0.2, 0.25) is 0 Å². The van der Waals surface area contributed by atoms with Crippen molar-refractivity contribution in [3.8, 4) is 5.75 Å². The Labute approximate surface area is 203 Å². The highest BCUT2D eigenvalue weighted by molar-refractivity contribution is 14.0. The Kier molecular flexibility index (Phi) is 10.9. The number of guanidine groups is 1. The Morgan fingerprint density at radius 3 is 2.77 bits per heavy atom. The number of furan rings is 1. The lowest BCUT2D eigenvalue weighted by atomic mass is 9.97. The lowest BCUT2D eigenvalue weighted by Gasteiger charge is -2.32. The maximum atomic E-state index is 6.11. The molecule has 1 saturated heterocycles. The van der Waals surface area contributed by atoms with Crippen molar-refractivity contribution in [1.29, 1.82) is 0 Å². The highest BCUT2D eigenvalue weighted by Gasteiger charge is 2.20. The minimum Gasteiger partial charge on any atom is -0.490 e. The molecule has 31 heavy (non-hydrogen) atoms. The van der Waals surface area contributed by atoms with Crippen LogP contribution in [0.4, 0.5) is 0 Å². The standard InChI is InChI=1S/C23H36N4O3.HI/c1-5-29-20-8-6-7-19-15-21(30-22(19)20)17(2)26-23(24-3)25-16-18-9-11-27(12-10-18)13-14-28-4;/h6-8,15,17-18H,5,9-14,16H2,1-4H3,(H2,24,25,26);1H. The molecule has 0 saturated carbocycles. The Morgan fingerprint density at radius 2 is 2.10 bits per heavy atom. The zero-order valence-corrected chi connectivity index (χ0v) is 21.5. The number of fused-ring (bicyclic) bond motifs is 1. The first kappa shape index (κ1) is 25.7. The number of para-hydroxylation sites is 1. The van der Waals surface area contributed by atoms with Crippen molar-refractivity contribution in [2.45, 2.75) is 32.7 Å². The number of halogens is 1. The van der Waals surface area contributed by atoms with Crippen LogP contribution in [0.5, 0.6) is 5.75 Å². The van der Waals surface area contributed by atoms with Gasteiger partial charge in [0.05, 0.1) is 19.3 Å². The molecule has 1 atom stereocenters. The van der Waals surface area contributed by atoms with Crippen LogP contribution in [-0.4, -0.2) is 64.4 Å². The molecule has 1 fully saturated rings. The van der Waals surface area contributed by atoms with Crippen molar-refractivity contribution in [2.24, 2.45) is 10.9 Å². The molecule has 3 rings (SSSR count). The molecule has 0 amide bonds. The second-order valence-electron chi connectivity index (χ2n) is 7.85. The average molecular weight is 544 g/mol. The van der Waals surface area contributed by atoms with Gasteiger partial charge in [-0.15, -0.1) is 24.0 Å². The second-order valence-corrected chi connectivity index (χ2v) is 7.85. The fourth-order valence-corrected chi connectivity index (χ4v) is 3.89. The van der Waals surface area contributed by atoms with Gasteiger partial charge in [-0.25, -0.2) is 0 Å². The molecule has 0 aliphatic carbocycles. The third kappa shape index (κ3) is 7.25. The predicted octanol–water partition coefficient (Wildman–Crippen LogP) is 4.03. The van der Waals surface area contributed by atoms with E-state index in [0.717, 1.165) is 61.2 Å². The number of hydrogen-bond acceptors (Lipinski definition) is 5. The van der Waals surface area contributed by atoms with Gasteiger partial charge in [-0.3, -0.25) is 4.99 Å². The fraction of sp³-hybridized carbons (Fsp3) is 0.609. The number of rotatable bonds is 9. The SMILES string of the molecule is CCOc1cccc2cc(C(C)NC(=NC)NCC3CCN(CCOC)CC3)oc12.I. The Balaban J connectivity index is 0.00000341. The summed E-state index contributed by atoms with van der Waals surface area (Å²) in [7, 11) is 3.57. The molecule has 1 aliphatic rings. The Morgan fingerprint density at radius 1 is 1.32 bits per heavy atom. The normalized spacial score (nSPS) is 16.7. The van der Waals surface area contributed by atoms with Crippen molar-refractivity contribution < 1.29 is 13.9 Å². The highest BCUT2D eigenvalue weighted by atomic mass is 127. The van der Waals surface area contributed by atoms with Crippen molar-refractivity contribution in [1.82, 2.24) is 15.5 Å². The van der Waals surface area contributed by atoms with Crippen LogP contribution in [0.3, 0.4) is 0 Å². The van der Waals surface area contributed by atoms with Gasteiger partial charge in [-0.2, -0.15) is 0 Å². The van der Waals surface area contributed by atoms with E-state index in [2.05, 4.69) is 33.5 Å². The van der Waals surface area contributed by atoms with Crippen molar-refractivity contribution in [3.63, 3.8) is 0 Å². The predicted molar refractivity (Wildman–Crippen MR) is 137 cm³/mol. The van der Waals surface area contributed by atoms with Crippen LogP contribution >= 0.6 is 24.0 Å². The summed E-state index contributed by atoms with van der Waals surface area (Å²) in [5.41, 5.74) is 0.797. The number of nitrogens with one attached hydrogen (secondary N) is 2. The van der Waals surface area contributed by atoms with E-state index in [-0.39, 0.29) is 30.0 Å². The summed E-state index contributed by atoms with van der Waals surface area (Å²) in [6.45, 7) is 9.72. The first-order valence-electron chi connectivity index (χ1n) is 11.0. The smallest absolute Gasteiger partial charge is 0.191 e. The summed E-state index contributed by atoms with van der Waals surface area (Å²) in [6, 6.07) is 8.04. The minimum absolute atomic E-state index is 0. The van der Waals surface area contributed by atoms with Gasteiger partial charge in [-0.05, 0) is 57.8 Å². The van der Waals surface area contributed by atoms with Crippen LogP contribution in [0.15, 0.2) is 33.7 Å². The Hall–Kier alpha value is -1.52. The molecule has 2 aromatic rings. The number of methoxy groups -OCH3 is 1. The summed E-state index contributed by atoms with van der Waals surface area (Å²) in [5.74, 6) is 3.12. The molecule has 1 aromatic carbocycles. The molecule has 174 valence electrons. The average Bonchev–Trinajstić information content (AvgIpc) is 3.21. The topological polar surface area (TPSA) is 71.3 Å². The van der Waals surface area contributed by atoms with E-state index in [1.54, 1.807) is 14.2 Å². The van der Waals surface area contributed by atoms with Crippen LogP contribution in [0.1, 0.15) is 38.5 Å². The quantitative estimate of drug-likeness (QED) is 0.282. The van der Waals surface area contributed by atoms with Gasteiger partial charge in [0.1, 0.15) is 5.76 Å². The van der Waals surface area contributed by atoms with Crippen LogP contribution in [0.25, 0.3) is 11.0 Å². The van der Waals surface area contributed by atoms with Crippen LogP contribution in [0.2, 0.25) is 0 Å². The van der Waals surface area contributed by atoms with E-state index >= 15 is 0 Å². The number of ether oxygens (including phenoxy) is 2. The fourth-order valence-electron chi connectivity index (χ4n) is 3.89. The molecule has 2 N–H and O–H groups in total. The summed E-state index contributed by atoms with van der Waals surface area (Å²) < 4.78 is 17.0. The summed E-state index contributed by atoms with van der Waals surface area (Å²) in [6.07, 6.45) is 2.40. The van der Waals surface area contributed by atoms with Gasteiger partial charge in [0.15, 0.2) is 17.3 Å². The summed E-state index contributed by atoms with van der Waals surface area (Å²) >= 11 is 0. The number of piperidine rings is 1. The monoisotopic (exact) mass is 544 g/mol. The molecular formula is C23H37IN4O3. The Bertz CT molecular complexity index is 818. The number of hydrogen-bond donors (Lipinski definition) is 2. The maximum absolute atomic E-state index is 6.11. The lowest BCUT2D eigenvalue weighted by Crippen LogP contribution is -2.43. The molecular weight excluding hydrogens is 507 g/mol. The molecule has 8 heteroatoms. The first-order chi connectivity index (χ1) is 14.6. The molecule has 2 heterocycles. The zero-order chi connectivity index (χ0) is 21.3. The maximum Gasteiger partial charge on any atom is 0.191 e. The summed E-state index contributed by atoms with van der Waals surface area (Å²) in [4.78, 5) is 6.87. The molecule has 1 aliphatic heterocycles. The minimum atomic E-state index is -0.00559. The van der Waals surface area contributed by atoms with Crippen LogP contribution in [-0.2, 0) is 4.74 Å². The van der Waals surface area contributed by atoms with E-state index in [4.69, 9.17) is 13.9 Å². The van der Waals surface area contributed by atoms with Gasteiger partial charge >= 0.3 is 0 Å². The van der Waals surface area contributed by atoms with Crippen molar-refractivity contribution in [2.75, 3.05) is 53.6 Å². The van der Waals surface area contributed by atoms with Gasteiger partial charge in [-0.1, -0.05) is 12.1 Å². The highest BCUT2D eigenvalue weighted by Crippen LogP contribution is 2.31. The molecule has 1 aromatic heterocycles. The van der Waals surface area contributed by atoms with Crippen LogP contribution in [0, 0.1) is 5.92 Å². The van der Waals surface area contributed by atoms with Gasteiger partial charge in [0, 0.05) is 32.6 Å². The van der Waals surface area contributed by atoms with Crippen molar-refractivity contribution >= 4 is 40.9 Å². The molecule has 1 unspecified atom stereocenters. The molecule has 0 spiro atoms. The van der Waals surface area contributed by atoms with E-state index in [1.807, 2.05) is 25.1 Å². The van der Waals surface area contributed by atoms with Crippen molar-refractivity contribution in [3.05, 3.63) is 30.0 Å². The number of likely N-dealkylation sites (tertiary alicyclic amines) is 1. The van der Waals surface area contributed by atoms with E-state index in [9.17, 15) is 0 Å². The largest absolute Gasteiger partial charge is 0.490 e. The van der Waals surface area contributed by atoms with E-state index in [0.29, 0.717) is 12.5 Å². The van der Waals surface area contributed by atoms with E-state index < -0.39 is 0 Å². The second kappa shape index (κ2) is 13.1. The lowest BCUT2D eigenvalue weighted by molar-refractivity contribution is 0.121. The third-order valence-electron chi connectivity index (χ3n) is 5.71.